The summed E-state index contributed by atoms with van der Waals surface area (Å²) in [5.74, 6) is 8.19. The van der Waals surface area contributed by atoms with Crippen molar-refractivity contribution in [3.63, 3.8) is 0 Å². The van der Waals surface area contributed by atoms with Crippen LogP contribution in [0.4, 0.5) is 0 Å². The van der Waals surface area contributed by atoms with Crippen molar-refractivity contribution < 1.29 is 0 Å². The predicted molar refractivity (Wildman–Crippen MR) is 137 cm³/mol. The van der Waals surface area contributed by atoms with Gasteiger partial charge >= 0.3 is 37.0 Å². The topological polar surface area (TPSA) is 12.9 Å². The Kier molecular flexibility index (Phi) is 18.6. The first-order chi connectivity index (χ1) is 15.0. The van der Waals surface area contributed by atoms with E-state index in [1.807, 2.05) is 110 Å². The van der Waals surface area contributed by atoms with Gasteiger partial charge in [0.05, 0.1) is 0 Å². The zero-order chi connectivity index (χ0) is 21.2. The summed E-state index contributed by atoms with van der Waals surface area (Å²) in [6.07, 6.45) is 3.50. The van der Waals surface area contributed by atoms with Crippen LogP contribution in [0.2, 0.25) is 0 Å². The number of aromatic nitrogens is 1. The van der Waals surface area contributed by atoms with Gasteiger partial charge in [0.15, 0.2) is 0 Å². The van der Waals surface area contributed by atoms with E-state index < -0.39 is 0 Å². The molecule has 4 aromatic heterocycles. The normalized spacial score (nSPS) is 7.87. The molecule has 5 rings (SSSR count). The van der Waals surface area contributed by atoms with Crippen molar-refractivity contribution >= 4 is 24.2 Å². The van der Waals surface area contributed by atoms with Gasteiger partial charge in [-0.05, 0) is 23.7 Å². The fourth-order valence-electron chi connectivity index (χ4n) is 1.78. The SMILES string of the molecule is b1ccccc1.c1cc[siH]cc1.c1ccccc1.c1ccncc1.c1ccpcc1. The first-order valence-electron chi connectivity index (χ1n) is 9.70. The average molecular weight is 423 g/mol. The van der Waals surface area contributed by atoms with E-state index in [1.165, 1.54) is 8.19 Å². The Labute approximate surface area is 185 Å². The molecule has 0 bridgehead atoms. The minimum absolute atomic E-state index is 0.513. The third kappa shape index (κ3) is 19.8. The molecule has 0 radical (unpaired) electrons. The van der Waals surface area contributed by atoms with E-state index >= 15 is 0 Å². The summed E-state index contributed by atoms with van der Waals surface area (Å²) >= 11 is 0. The molecule has 4 heterocycles. The molecule has 0 atom stereocenters. The van der Waals surface area contributed by atoms with Crippen molar-refractivity contribution in [1.29, 1.82) is 0 Å². The molecule has 0 spiro atoms. The molecule has 1 nitrogen and oxygen atoms in total. The molecule has 30 heavy (non-hydrogen) atoms. The largest absolute Gasteiger partial charge is 0.265 e. The van der Waals surface area contributed by atoms with Crippen LogP contribution in [0.1, 0.15) is 0 Å². The standard InChI is InChI=1S/C6H6.C5H5B.C5H5N.C5H5P.C5H6Si/c5*1-2-4-6-5-3-1/h1-6H;3*1-5H;1-6H. The Morgan fingerprint density at radius 2 is 0.900 bits per heavy atom. The fraction of sp³-hybridized carbons (Fsp3) is 0. The summed E-state index contributed by atoms with van der Waals surface area (Å²) in [7, 11) is 1.82. The van der Waals surface area contributed by atoms with Gasteiger partial charge in [-0.25, -0.2) is 0 Å². The minimum atomic E-state index is 0.513. The van der Waals surface area contributed by atoms with Crippen LogP contribution in [-0.2, 0) is 0 Å². The molecule has 0 amide bonds. The number of nitrogens with zero attached hydrogens (tertiary/aromatic N) is 1. The second-order valence-corrected chi connectivity index (χ2v) is 7.56. The van der Waals surface area contributed by atoms with Crippen molar-refractivity contribution in [1.82, 2.24) is 4.98 Å². The first kappa shape index (κ1) is 25.0. The van der Waals surface area contributed by atoms with Crippen LogP contribution in [0, 0.1) is 0 Å². The van der Waals surface area contributed by atoms with E-state index in [-0.39, 0.29) is 0 Å². The van der Waals surface area contributed by atoms with Crippen LogP contribution in [0.15, 0.2) is 156 Å². The van der Waals surface area contributed by atoms with Gasteiger partial charge in [0.25, 0.3) is 0 Å². The Hall–Kier alpha value is -3.00. The number of pyridine rings is 1. The zero-order valence-corrected chi connectivity index (χ0v) is 19.1. The Bertz CT molecular complexity index is 568. The third-order valence-corrected chi connectivity index (χ3v) is 4.71. The maximum Gasteiger partial charge on any atom is 0.0267 e. The molecule has 5 aromatic rings. The predicted octanol–water partition coefficient (Wildman–Crippen LogP) is 6.82. The quantitative estimate of drug-likeness (QED) is 0.249. The second-order valence-electron chi connectivity index (χ2n) is 5.51. The van der Waals surface area contributed by atoms with Crippen molar-refractivity contribution in [3.05, 3.63) is 156 Å². The van der Waals surface area contributed by atoms with Gasteiger partial charge in [0, 0.05) is 21.5 Å². The molecule has 0 unspecified atom stereocenters. The molecular weight excluding hydrogens is 396 g/mol. The van der Waals surface area contributed by atoms with Crippen LogP contribution in [0.5, 0.6) is 0 Å². The van der Waals surface area contributed by atoms with E-state index in [0.717, 1.165) is 0 Å². The van der Waals surface area contributed by atoms with E-state index in [4.69, 9.17) is 0 Å². The van der Waals surface area contributed by atoms with E-state index in [2.05, 4.69) is 46.1 Å². The van der Waals surface area contributed by atoms with Crippen LogP contribution in [-0.4, -0.2) is 21.0 Å². The van der Waals surface area contributed by atoms with E-state index in [1.54, 1.807) is 12.4 Å². The molecule has 0 saturated heterocycles. The van der Waals surface area contributed by atoms with E-state index in [0.29, 0.717) is 9.12 Å². The summed E-state index contributed by atoms with van der Waals surface area (Å²) in [5.41, 5.74) is 4.42. The Morgan fingerprint density at radius 3 is 1.07 bits per heavy atom. The van der Waals surface area contributed by atoms with Gasteiger partial charge in [0.1, 0.15) is 0 Å². The molecule has 4 heteroatoms. The third-order valence-electron chi connectivity index (χ3n) is 3.13. The molecule has 0 saturated carbocycles. The maximum absolute atomic E-state index is 3.78. The van der Waals surface area contributed by atoms with Crippen molar-refractivity contribution in [2.24, 2.45) is 0 Å². The van der Waals surface area contributed by atoms with Crippen LogP contribution < -0.4 is 0 Å². The fourth-order valence-corrected chi connectivity index (χ4v) is 2.92. The van der Waals surface area contributed by atoms with Gasteiger partial charge in [-0.15, -0.1) is 0 Å². The smallest absolute Gasteiger partial charge is 0.0267 e. The van der Waals surface area contributed by atoms with Crippen LogP contribution in [0.3, 0.4) is 0 Å². The Morgan fingerprint density at radius 1 is 0.467 bits per heavy atom. The van der Waals surface area contributed by atoms with Crippen molar-refractivity contribution in [2.45, 2.75) is 0 Å². The first-order valence-corrected chi connectivity index (χ1v) is 12.1. The minimum Gasteiger partial charge on any atom is -0.265 e. The number of benzene rings is 1. The molecular formula is C26H27BNPSi. The van der Waals surface area contributed by atoms with Gasteiger partial charge in [-0.1, -0.05) is 98.4 Å². The Balaban J connectivity index is 0.000000187. The molecule has 0 aliphatic rings. The zero-order valence-electron chi connectivity index (χ0n) is 17.1. The van der Waals surface area contributed by atoms with E-state index in [9.17, 15) is 0 Å². The molecule has 0 N–H and O–H groups in total. The van der Waals surface area contributed by atoms with Gasteiger partial charge < -0.3 is 0 Å². The molecule has 0 fully saturated rings. The molecule has 0 aliphatic heterocycles. The summed E-state index contributed by atoms with van der Waals surface area (Å²) in [6.45, 7) is 2.00. The van der Waals surface area contributed by atoms with Gasteiger partial charge in [-0.3, -0.25) is 4.98 Å². The summed E-state index contributed by atoms with van der Waals surface area (Å²) in [4.78, 5) is 3.78. The van der Waals surface area contributed by atoms with Crippen LogP contribution >= 0.6 is 8.19 Å². The number of hydrogen-bond acceptors (Lipinski definition) is 1. The van der Waals surface area contributed by atoms with Gasteiger partial charge in [-0.2, -0.15) is 0 Å². The molecule has 1 aromatic carbocycles. The number of rotatable bonds is 0. The molecule has 0 aliphatic carbocycles. The van der Waals surface area contributed by atoms with Gasteiger partial charge in [0.2, 0.25) is 0 Å². The summed E-state index contributed by atoms with van der Waals surface area (Å²) in [6, 6.07) is 36.1. The maximum atomic E-state index is 3.78. The van der Waals surface area contributed by atoms with Crippen molar-refractivity contribution in [3.8, 4) is 0 Å². The average Bonchev–Trinajstić information content (AvgIpc) is 2.91. The summed E-state index contributed by atoms with van der Waals surface area (Å²) < 4.78 is 0. The monoisotopic (exact) mass is 423 g/mol. The second kappa shape index (κ2) is 22.3. The van der Waals surface area contributed by atoms with Crippen molar-refractivity contribution in [2.75, 3.05) is 0 Å². The van der Waals surface area contributed by atoms with Crippen LogP contribution in [0.25, 0.3) is 0 Å². The summed E-state index contributed by atoms with van der Waals surface area (Å²) in [5, 5.41) is 0. The molecule has 148 valence electrons. The number of hydrogen-bond donors (Lipinski definition) is 0.